The minimum absolute atomic E-state index is 0.0840. The molecule has 180 valence electrons. The number of rotatable bonds is 4. The molecule has 1 aliphatic carbocycles. The fourth-order valence-corrected chi connectivity index (χ4v) is 6.02. The molecule has 1 spiro atoms. The molecule has 35 heavy (non-hydrogen) atoms. The van der Waals surface area contributed by atoms with Crippen molar-refractivity contribution in [3.05, 3.63) is 60.4 Å². The van der Waals surface area contributed by atoms with E-state index in [1.165, 1.54) is 4.90 Å². The lowest BCUT2D eigenvalue weighted by Gasteiger charge is -2.32. The van der Waals surface area contributed by atoms with Crippen molar-refractivity contribution >= 4 is 28.8 Å². The van der Waals surface area contributed by atoms with E-state index < -0.39 is 11.6 Å². The first-order valence-electron chi connectivity index (χ1n) is 12.4. The average molecular weight is 472 g/mol. The molecule has 1 saturated heterocycles. The zero-order valence-electron chi connectivity index (χ0n) is 19.8. The van der Waals surface area contributed by atoms with Crippen LogP contribution >= 0.6 is 0 Å². The molecule has 3 aromatic rings. The maximum Gasteiger partial charge on any atom is 0.407 e. The number of carbonyl (C=O) groups excluding carboxylic acids is 1. The second-order valence-corrected chi connectivity index (χ2v) is 10.1. The molecule has 2 unspecified atom stereocenters. The predicted octanol–water partition coefficient (Wildman–Crippen LogP) is 5.39. The van der Waals surface area contributed by atoms with Crippen LogP contribution in [0.5, 0.6) is 0 Å². The summed E-state index contributed by atoms with van der Waals surface area (Å²) in [6.07, 6.45) is 5.15. The van der Waals surface area contributed by atoms with Crippen molar-refractivity contribution in [1.29, 1.82) is 0 Å². The molecule has 1 N–H and O–H groups in total. The number of aliphatic imine (C=N–C) groups is 1. The van der Waals surface area contributed by atoms with Crippen LogP contribution in [0.4, 0.5) is 4.79 Å². The standard InChI is InChI=1S/C28H29N3O4/c1-18(23-10-14-30(17-23)27(33)34)31-25(29-28(26(31)32)12-2-3-13-28)20-6-4-19(5-7-20)21-8-9-24-22(16-21)11-15-35-24/h4-9,11,15-16,18,23H,2-3,10,12-14,17H2,1H3,(H,33,34). The minimum atomic E-state index is -0.891. The van der Waals surface area contributed by atoms with Crippen molar-refractivity contribution in [3.63, 3.8) is 0 Å². The normalized spacial score (nSPS) is 22.4. The van der Waals surface area contributed by atoms with Crippen LogP contribution in [0.25, 0.3) is 22.1 Å². The van der Waals surface area contributed by atoms with Crippen LogP contribution in [-0.2, 0) is 4.79 Å². The maximum absolute atomic E-state index is 13.8. The molecular formula is C28H29N3O4. The smallest absolute Gasteiger partial charge is 0.407 e. The highest BCUT2D eigenvalue weighted by molar-refractivity contribution is 6.15. The Morgan fingerprint density at radius 3 is 2.51 bits per heavy atom. The first-order chi connectivity index (χ1) is 16.9. The maximum atomic E-state index is 13.8. The van der Waals surface area contributed by atoms with Gasteiger partial charge in [0, 0.05) is 30.1 Å². The van der Waals surface area contributed by atoms with Crippen molar-refractivity contribution in [1.82, 2.24) is 9.80 Å². The Balaban J connectivity index is 1.32. The van der Waals surface area contributed by atoms with Crippen LogP contribution in [0.3, 0.4) is 0 Å². The van der Waals surface area contributed by atoms with Gasteiger partial charge in [0.1, 0.15) is 17.0 Å². The summed E-state index contributed by atoms with van der Waals surface area (Å²) in [6, 6.07) is 16.2. The van der Waals surface area contributed by atoms with Crippen LogP contribution < -0.4 is 0 Å². The van der Waals surface area contributed by atoms with Gasteiger partial charge in [0.15, 0.2) is 0 Å². The number of fused-ring (bicyclic) bond motifs is 1. The van der Waals surface area contributed by atoms with Gasteiger partial charge in [-0.25, -0.2) is 4.79 Å². The number of carbonyl (C=O) groups is 2. The number of amides is 2. The second-order valence-electron chi connectivity index (χ2n) is 10.1. The minimum Gasteiger partial charge on any atom is -0.465 e. The fourth-order valence-electron chi connectivity index (χ4n) is 6.02. The largest absolute Gasteiger partial charge is 0.465 e. The van der Waals surface area contributed by atoms with E-state index >= 15 is 0 Å². The molecule has 2 aromatic carbocycles. The van der Waals surface area contributed by atoms with E-state index in [9.17, 15) is 14.7 Å². The van der Waals surface area contributed by atoms with Gasteiger partial charge < -0.3 is 14.4 Å². The fraction of sp³-hybridized carbons (Fsp3) is 0.393. The summed E-state index contributed by atoms with van der Waals surface area (Å²) < 4.78 is 5.46. The van der Waals surface area contributed by atoms with Gasteiger partial charge in [-0.05, 0) is 61.4 Å². The lowest BCUT2D eigenvalue weighted by atomic mass is 9.94. The summed E-state index contributed by atoms with van der Waals surface area (Å²) in [5.41, 5.74) is 3.33. The average Bonchev–Trinajstić information content (AvgIpc) is 3.67. The number of benzene rings is 2. The summed E-state index contributed by atoms with van der Waals surface area (Å²) in [5, 5.41) is 10.5. The highest BCUT2D eigenvalue weighted by Gasteiger charge is 2.52. The lowest BCUT2D eigenvalue weighted by molar-refractivity contribution is -0.133. The predicted molar refractivity (Wildman–Crippen MR) is 133 cm³/mol. The first kappa shape index (κ1) is 21.9. The summed E-state index contributed by atoms with van der Waals surface area (Å²) in [4.78, 5) is 33.7. The van der Waals surface area contributed by atoms with Gasteiger partial charge in [-0.1, -0.05) is 43.2 Å². The van der Waals surface area contributed by atoms with Crippen molar-refractivity contribution in [3.8, 4) is 11.1 Å². The molecule has 2 aliphatic heterocycles. The highest BCUT2D eigenvalue weighted by Crippen LogP contribution is 2.42. The van der Waals surface area contributed by atoms with Gasteiger partial charge in [0.05, 0.1) is 6.26 Å². The van der Waals surface area contributed by atoms with E-state index in [-0.39, 0.29) is 17.9 Å². The number of nitrogens with zero attached hydrogens (tertiary/aromatic N) is 3. The van der Waals surface area contributed by atoms with Crippen LogP contribution in [0, 0.1) is 5.92 Å². The second kappa shape index (κ2) is 8.26. The molecule has 3 aliphatic rings. The van der Waals surface area contributed by atoms with Crippen molar-refractivity contribution < 1.29 is 19.1 Å². The van der Waals surface area contributed by atoms with Gasteiger partial charge in [-0.2, -0.15) is 0 Å². The van der Waals surface area contributed by atoms with E-state index in [1.807, 2.05) is 42.2 Å². The molecule has 1 saturated carbocycles. The Hall–Kier alpha value is -3.61. The summed E-state index contributed by atoms with van der Waals surface area (Å²) in [5.74, 6) is 0.911. The Morgan fingerprint density at radius 2 is 1.80 bits per heavy atom. The molecule has 2 amide bonds. The Morgan fingerprint density at radius 1 is 1.09 bits per heavy atom. The number of hydrogen-bond acceptors (Lipinski definition) is 4. The van der Waals surface area contributed by atoms with Gasteiger partial charge in [-0.15, -0.1) is 0 Å². The van der Waals surface area contributed by atoms with Gasteiger partial charge in [0.2, 0.25) is 0 Å². The van der Waals surface area contributed by atoms with Crippen molar-refractivity contribution in [2.24, 2.45) is 10.9 Å². The lowest BCUT2D eigenvalue weighted by Crippen LogP contribution is -2.49. The van der Waals surface area contributed by atoms with E-state index in [4.69, 9.17) is 9.41 Å². The van der Waals surface area contributed by atoms with E-state index in [0.717, 1.165) is 65.6 Å². The Bertz CT molecular complexity index is 1320. The van der Waals surface area contributed by atoms with Crippen LogP contribution in [-0.4, -0.2) is 57.4 Å². The van der Waals surface area contributed by atoms with Crippen molar-refractivity contribution in [2.45, 2.75) is 50.6 Å². The summed E-state index contributed by atoms with van der Waals surface area (Å²) in [6.45, 7) is 3.02. The van der Waals surface area contributed by atoms with Crippen LogP contribution in [0.15, 0.2) is 64.2 Å². The number of amidine groups is 1. The first-order valence-corrected chi connectivity index (χ1v) is 12.4. The number of likely N-dealkylation sites (tertiary alicyclic amines) is 1. The molecule has 0 bridgehead atoms. The molecule has 2 atom stereocenters. The molecule has 1 aromatic heterocycles. The molecule has 6 rings (SSSR count). The number of carboxylic acid groups (broad SMARTS) is 1. The molecule has 0 radical (unpaired) electrons. The molecule has 7 nitrogen and oxygen atoms in total. The van der Waals surface area contributed by atoms with E-state index in [2.05, 4.69) is 18.2 Å². The third-order valence-electron chi connectivity index (χ3n) is 8.11. The zero-order valence-corrected chi connectivity index (χ0v) is 19.8. The van der Waals surface area contributed by atoms with E-state index in [1.54, 1.807) is 6.26 Å². The molecule has 2 fully saturated rings. The van der Waals surface area contributed by atoms with E-state index in [0.29, 0.717) is 13.1 Å². The van der Waals surface area contributed by atoms with Crippen LogP contribution in [0.1, 0.15) is 44.6 Å². The van der Waals surface area contributed by atoms with Gasteiger partial charge in [-0.3, -0.25) is 14.7 Å². The molecular weight excluding hydrogens is 442 g/mol. The van der Waals surface area contributed by atoms with Gasteiger partial charge in [0.25, 0.3) is 5.91 Å². The quantitative estimate of drug-likeness (QED) is 0.553. The van der Waals surface area contributed by atoms with Gasteiger partial charge >= 0.3 is 6.09 Å². The van der Waals surface area contributed by atoms with Crippen LogP contribution in [0.2, 0.25) is 0 Å². The Labute approximate surface area is 204 Å². The summed E-state index contributed by atoms with van der Waals surface area (Å²) >= 11 is 0. The molecule has 3 heterocycles. The Kier molecular flexibility index (Phi) is 5.16. The zero-order chi connectivity index (χ0) is 24.2. The third kappa shape index (κ3) is 3.61. The highest BCUT2D eigenvalue weighted by atomic mass is 16.4. The third-order valence-corrected chi connectivity index (χ3v) is 8.11. The summed E-state index contributed by atoms with van der Waals surface area (Å²) in [7, 11) is 0. The van der Waals surface area contributed by atoms with Crippen molar-refractivity contribution in [2.75, 3.05) is 13.1 Å². The SMILES string of the molecule is CC(C1CCN(C(=O)O)C1)N1C(=O)C2(CCCC2)N=C1c1ccc(-c2ccc3occc3c2)cc1. The monoisotopic (exact) mass is 471 g/mol. The topological polar surface area (TPSA) is 86.4 Å². The number of furan rings is 1. The molecule has 7 heteroatoms. The number of hydrogen-bond donors (Lipinski definition) is 1.